The molecule has 1 heterocycles. The number of phenolic OH excluding ortho intramolecular Hbond substituents is 1. The highest BCUT2D eigenvalue weighted by Crippen LogP contribution is 2.25. The number of nitrogens with one attached hydrogen (secondary N) is 1. The maximum Gasteiger partial charge on any atom is 0.280 e. The molecule has 0 amide bonds. The van der Waals surface area contributed by atoms with Crippen LogP contribution in [0.3, 0.4) is 0 Å². The lowest BCUT2D eigenvalue weighted by Crippen LogP contribution is -2.17. The van der Waals surface area contributed by atoms with Gasteiger partial charge in [0.05, 0.1) is 16.3 Å². The molecule has 0 saturated carbocycles. The fraction of sp³-hybridized carbons (Fsp3) is 0.111. The Kier molecular flexibility index (Phi) is 4.53. The van der Waals surface area contributed by atoms with Crippen LogP contribution in [-0.2, 0) is 6.42 Å². The Labute approximate surface area is 143 Å². The van der Waals surface area contributed by atoms with Crippen LogP contribution in [0.5, 0.6) is 5.75 Å². The summed E-state index contributed by atoms with van der Waals surface area (Å²) < 4.78 is 1.41. The van der Waals surface area contributed by atoms with Crippen molar-refractivity contribution in [2.24, 2.45) is 4.99 Å². The number of aromatic nitrogens is 2. The molecule has 24 heavy (non-hydrogen) atoms. The van der Waals surface area contributed by atoms with E-state index in [1.54, 1.807) is 42.5 Å². The van der Waals surface area contributed by atoms with Gasteiger partial charge in [-0.25, -0.2) is 4.68 Å². The van der Waals surface area contributed by atoms with E-state index in [1.807, 2.05) is 13.0 Å². The number of nitrogens with zero attached hydrogens (tertiary/aromatic N) is 2. The molecule has 2 aromatic carbocycles. The van der Waals surface area contributed by atoms with Gasteiger partial charge in [0.25, 0.3) is 5.56 Å². The zero-order chi connectivity index (χ0) is 17.1. The summed E-state index contributed by atoms with van der Waals surface area (Å²) in [6.07, 6.45) is 2.11. The standard InChI is InChI=1S/C18H16ClN3O2/c1-2-14-12(11-20-15-8-4-6-10-17(15)23)18(24)22(21-14)16-9-5-3-7-13(16)19/h3-11,21,23H,2H2,1H3. The lowest BCUT2D eigenvalue weighted by atomic mass is 10.2. The maximum atomic E-state index is 12.7. The molecule has 0 atom stereocenters. The molecule has 0 unspecified atom stereocenters. The third-order valence-electron chi connectivity index (χ3n) is 3.67. The minimum atomic E-state index is -0.237. The van der Waals surface area contributed by atoms with Gasteiger partial charge in [0.1, 0.15) is 11.4 Å². The van der Waals surface area contributed by atoms with Gasteiger partial charge in [0, 0.05) is 11.9 Å². The molecule has 0 aliphatic rings. The van der Waals surface area contributed by atoms with Crippen molar-refractivity contribution in [2.45, 2.75) is 13.3 Å². The van der Waals surface area contributed by atoms with Crippen molar-refractivity contribution >= 4 is 23.5 Å². The fourth-order valence-corrected chi connectivity index (χ4v) is 2.63. The average Bonchev–Trinajstić information content (AvgIpc) is 2.90. The molecule has 3 aromatic rings. The number of aromatic hydroxyl groups is 1. The van der Waals surface area contributed by atoms with Crippen LogP contribution in [0.4, 0.5) is 5.69 Å². The van der Waals surface area contributed by atoms with E-state index in [2.05, 4.69) is 10.1 Å². The Morgan fingerprint density at radius 1 is 1.21 bits per heavy atom. The highest BCUT2D eigenvalue weighted by Gasteiger charge is 2.14. The molecule has 0 spiro atoms. The number of halogens is 1. The number of benzene rings is 2. The molecule has 0 aliphatic heterocycles. The Hall–Kier alpha value is -2.79. The molecule has 0 bridgehead atoms. The van der Waals surface area contributed by atoms with Gasteiger partial charge in [-0.1, -0.05) is 42.8 Å². The molecule has 5 nitrogen and oxygen atoms in total. The highest BCUT2D eigenvalue weighted by atomic mass is 35.5. The number of aliphatic imine (C=N–C) groups is 1. The second-order valence-electron chi connectivity index (χ2n) is 5.20. The summed E-state index contributed by atoms with van der Waals surface area (Å²) in [5, 5.41) is 13.3. The maximum absolute atomic E-state index is 12.7. The number of H-pyrrole nitrogens is 1. The summed E-state index contributed by atoms with van der Waals surface area (Å²) in [6.45, 7) is 1.94. The molecule has 2 N–H and O–H groups in total. The smallest absolute Gasteiger partial charge is 0.280 e. The normalized spacial score (nSPS) is 11.2. The number of hydrogen-bond acceptors (Lipinski definition) is 3. The van der Waals surface area contributed by atoms with E-state index in [0.29, 0.717) is 28.4 Å². The quantitative estimate of drug-likeness (QED) is 0.708. The van der Waals surface area contributed by atoms with Gasteiger partial charge in [-0.2, -0.15) is 0 Å². The Morgan fingerprint density at radius 3 is 2.62 bits per heavy atom. The van der Waals surface area contributed by atoms with Crippen molar-refractivity contribution in [3.63, 3.8) is 0 Å². The third-order valence-corrected chi connectivity index (χ3v) is 3.99. The van der Waals surface area contributed by atoms with Crippen molar-refractivity contribution < 1.29 is 5.11 Å². The first-order valence-electron chi connectivity index (χ1n) is 7.52. The van der Waals surface area contributed by atoms with Crippen LogP contribution in [0.2, 0.25) is 5.02 Å². The van der Waals surface area contributed by atoms with Crippen molar-refractivity contribution in [1.29, 1.82) is 0 Å². The van der Waals surface area contributed by atoms with Crippen molar-refractivity contribution in [3.05, 3.63) is 75.2 Å². The van der Waals surface area contributed by atoms with Crippen LogP contribution in [0.25, 0.3) is 5.69 Å². The first-order chi connectivity index (χ1) is 11.6. The second-order valence-corrected chi connectivity index (χ2v) is 5.60. The van der Waals surface area contributed by atoms with Gasteiger partial charge >= 0.3 is 0 Å². The van der Waals surface area contributed by atoms with Crippen LogP contribution in [0.1, 0.15) is 18.2 Å². The first-order valence-corrected chi connectivity index (χ1v) is 7.90. The molecule has 1 aromatic heterocycles. The monoisotopic (exact) mass is 341 g/mol. The minimum absolute atomic E-state index is 0.0637. The molecule has 6 heteroatoms. The number of hydrogen-bond donors (Lipinski definition) is 2. The van der Waals surface area contributed by atoms with Gasteiger partial charge in [-0.3, -0.25) is 14.9 Å². The summed E-state index contributed by atoms with van der Waals surface area (Å²) in [6, 6.07) is 13.8. The van der Waals surface area contributed by atoms with Crippen molar-refractivity contribution in [2.75, 3.05) is 0 Å². The molecular formula is C18H16ClN3O2. The van der Waals surface area contributed by atoms with Crippen LogP contribution < -0.4 is 5.56 Å². The molecular weight excluding hydrogens is 326 g/mol. The van der Waals surface area contributed by atoms with Gasteiger partial charge in [0.15, 0.2) is 0 Å². The number of aromatic amines is 1. The number of phenols is 1. The Bertz CT molecular complexity index is 957. The van der Waals surface area contributed by atoms with E-state index in [9.17, 15) is 9.90 Å². The van der Waals surface area contributed by atoms with Crippen LogP contribution in [0.15, 0.2) is 58.3 Å². The van der Waals surface area contributed by atoms with Crippen LogP contribution in [-0.4, -0.2) is 21.1 Å². The lowest BCUT2D eigenvalue weighted by Gasteiger charge is -2.03. The van der Waals surface area contributed by atoms with Crippen molar-refractivity contribution in [1.82, 2.24) is 9.78 Å². The van der Waals surface area contributed by atoms with Crippen LogP contribution >= 0.6 is 11.6 Å². The van der Waals surface area contributed by atoms with Crippen LogP contribution in [0, 0.1) is 0 Å². The summed E-state index contributed by atoms with van der Waals surface area (Å²) in [5.74, 6) is 0.0637. The zero-order valence-electron chi connectivity index (χ0n) is 13.0. The number of rotatable bonds is 4. The van der Waals surface area contributed by atoms with E-state index in [4.69, 9.17) is 11.6 Å². The van der Waals surface area contributed by atoms with Crippen molar-refractivity contribution in [3.8, 4) is 11.4 Å². The summed E-state index contributed by atoms with van der Waals surface area (Å²) in [5.41, 5.74) is 1.95. The number of aryl methyl sites for hydroxylation is 1. The Morgan fingerprint density at radius 2 is 1.92 bits per heavy atom. The topological polar surface area (TPSA) is 70.4 Å². The first kappa shape index (κ1) is 16.1. The fourth-order valence-electron chi connectivity index (χ4n) is 2.41. The molecule has 0 aliphatic carbocycles. The van der Waals surface area contributed by atoms with Gasteiger partial charge < -0.3 is 5.11 Å². The molecule has 0 saturated heterocycles. The minimum Gasteiger partial charge on any atom is -0.506 e. The molecule has 122 valence electrons. The Balaban J connectivity index is 2.08. The third kappa shape index (κ3) is 2.98. The van der Waals surface area contributed by atoms with E-state index in [1.165, 1.54) is 10.9 Å². The molecule has 0 radical (unpaired) electrons. The largest absolute Gasteiger partial charge is 0.506 e. The number of para-hydroxylation sites is 3. The van der Waals surface area contributed by atoms with Gasteiger partial charge in [0.2, 0.25) is 0 Å². The van der Waals surface area contributed by atoms with E-state index < -0.39 is 0 Å². The highest BCUT2D eigenvalue weighted by molar-refractivity contribution is 6.32. The summed E-state index contributed by atoms with van der Waals surface area (Å²) >= 11 is 6.18. The molecule has 0 fully saturated rings. The van der Waals surface area contributed by atoms with Gasteiger partial charge in [-0.05, 0) is 30.7 Å². The lowest BCUT2D eigenvalue weighted by molar-refractivity contribution is 0.477. The predicted molar refractivity (Wildman–Crippen MR) is 96.1 cm³/mol. The SMILES string of the molecule is CCc1[nH]n(-c2ccccc2Cl)c(=O)c1C=Nc1ccccc1O. The van der Waals surface area contributed by atoms with E-state index >= 15 is 0 Å². The molecule has 3 rings (SSSR count). The van der Waals surface area contributed by atoms with Gasteiger partial charge in [-0.15, -0.1) is 0 Å². The second kappa shape index (κ2) is 6.76. The summed E-state index contributed by atoms with van der Waals surface area (Å²) in [4.78, 5) is 17.0. The summed E-state index contributed by atoms with van der Waals surface area (Å²) in [7, 11) is 0. The average molecular weight is 342 g/mol. The van der Waals surface area contributed by atoms with E-state index in [0.717, 1.165) is 5.69 Å². The van der Waals surface area contributed by atoms with E-state index in [-0.39, 0.29) is 11.3 Å². The predicted octanol–water partition coefficient (Wildman–Crippen LogP) is 3.84. The zero-order valence-corrected chi connectivity index (χ0v) is 13.8.